The van der Waals surface area contributed by atoms with Crippen molar-refractivity contribution >= 4 is 0 Å². The summed E-state index contributed by atoms with van der Waals surface area (Å²) < 4.78 is 0. The van der Waals surface area contributed by atoms with Gasteiger partial charge in [0.15, 0.2) is 0 Å². The summed E-state index contributed by atoms with van der Waals surface area (Å²) in [5, 5.41) is 7.15. The SMILES string of the molecule is CCC(CC)CNCC1NCCC1C. The Bertz CT molecular complexity index is 143. The lowest BCUT2D eigenvalue weighted by Gasteiger charge is -2.19. The Hall–Kier alpha value is -0.0800. The van der Waals surface area contributed by atoms with Gasteiger partial charge in [-0.3, -0.25) is 0 Å². The van der Waals surface area contributed by atoms with Crippen molar-refractivity contribution in [2.24, 2.45) is 11.8 Å². The molecule has 0 radical (unpaired) electrons. The van der Waals surface area contributed by atoms with Crippen LogP contribution in [0.4, 0.5) is 0 Å². The van der Waals surface area contributed by atoms with Gasteiger partial charge in [-0.15, -0.1) is 0 Å². The molecule has 2 unspecified atom stereocenters. The van der Waals surface area contributed by atoms with E-state index in [1.54, 1.807) is 0 Å². The molecule has 2 atom stereocenters. The minimum Gasteiger partial charge on any atom is -0.315 e. The molecule has 14 heavy (non-hydrogen) atoms. The first-order valence-corrected chi connectivity index (χ1v) is 6.22. The molecule has 2 N–H and O–H groups in total. The summed E-state index contributed by atoms with van der Waals surface area (Å²) in [5.41, 5.74) is 0. The highest BCUT2D eigenvalue weighted by Gasteiger charge is 2.21. The topological polar surface area (TPSA) is 24.1 Å². The molecule has 1 fully saturated rings. The van der Waals surface area contributed by atoms with Crippen LogP contribution in [0.1, 0.15) is 40.0 Å². The first kappa shape index (κ1) is 12.0. The van der Waals surface area contributed by atoms with Crippen molar-refractivity contribution in [3.63, 3.8) is 0 Å². The van der Waals surface area contributed by atoms with Gasteiger partial charge in [0.1, 0.15) is 0 Å². The highest BCUT2D eigenvalue weighted by atomic mass is 15.0. The molecule has 1 aliphatic rings. The van der Waals surface area contributed by atoms with Crippen LogP contribution in [0.25, 0.3) is 0 Å². The maximum atomic E-state index is 3.60. The largest absolute Gasteiger partial charge is 0.315 e. The number of nitrogens with one attached hydrogen (secondary N) is 2. The maximum absolute atomic E-state index is 3.60. The van der Waals surface area contributed by atoms with Gasteiger partial charge in [-0.05, 0) is 31.3 Å². The second kappa shape index (κ2) is 6.41. The molecule has 0 spiro atoms. The molecular weight excluding hydrogens is 172 g/mol. The predicted molar refractivity (Wildman–Crippen MR) is 62.5 cm³/mol. The Morgan fingerprint density at radius 2 is 2.07 bits per heavy atom. The minimum atomic E-state index is 0.712. The van der Waals surface area contributed by atoms with E-state index in [0.717, 1.165) is 18.4 Å². The summed E-state index contributed by atoms with van der Waals surface area (Å²) >= 11 is 0. The van der Waals surface area contributed by atoms with Crippen LogP contribution in [0.15, 0.2) is 0 Å². The third-order valence-electron chi connectivity index (χ3n) is 3.65. The van der Waals surface area contributed by atoms with Crippen LogP contribution in [0.2, 0.25) is 0 Å². The maximum Gasteiger partial charge on any atom is 0.0218 e. The summed E-state index contributed by atoms with van der Waals surface area (Å²) in [6.07, 6.45) is 3.95. The van der Waals surface area contributed by atoms with E-state index in [4.69, 9.17) is 0 Å². The molecule has 1 rings (SSSR count). The average molecular weight is 198 g/mol. The normalized spacial score (nSPS) is 27.4. The van der Waals surface area contributed by atoms with E-state index in [1.165, 1.54) is 32.4 Å². The van der Waals surface area contributed by atoms with Crippen LogP contribution < -0.4 is 10.6 Å². The fraction of sp³-hybridized carbons (Fsp3) is 1.00. The summed E-state index contributed by atoms with van der Waals surface area (Å²) in [4.78, 5) is 0. The molecule has 2 heteroatoms. The zero-order valence-corrected chi connectivity index (χ0v) is 9.97. The Balaban J connectivity index is 2.08. The molecule has 0 amide bonds. The van der Waals surface area contributed by atoms with Gasteiger partial charge in [0.25, 0.3) is 0 Å². The lowest BCUT2D eigenvalue weighted by molar-refractivity contribution is 0.401. The molecule has 0 saturated carbocycles. The zero-order valence-electron chi connectivity index (χ0n) is 9.97. The standard InChI is InChI=1S/C12H26N2/c1-4-11(5-2)8-13-9-12-10(3)6-7-14-12/h10-14H,4-9H2,1-3H3. The van der Waals surface area contributed by atoms with E-state index in [2.05, 4.69) is 31.4 Å². The molecule has 0 aromatic carbocycles. The average Bonchev–Trinajstić information content (AvgIpc) is 2.59. The van der Waals surface area contributed by atoms with Crippen molar-refractivity contribution in [1.82, 2.24) is 10.6 Å². The first-order chi connectivity index (χ1) is 6.77. The highest BCUT2D eigenvalue weighted by molar-refractivity contribution is 4.82. The molecule has 2 nitrogen and oxygen atoms in total. The van der Waals surface area contributed by atoms with Gasteiger partial charge >= 0.3 is 0 Å². The van der Waals surface area contributed by atoms with Gasteiger partial charge in [0, 0.05) is 12.6 Å². The Morgan fingerprint density at radius 1 is 1.36 bits per heavy atom. The van der Waals surface area contributed by atoms with Gasteiger partial charge in [-0.1, -0.05) is 33.6 Å². The van der Waals surface area contributed by atoms with Crippen LogP contribution in [-0.4, -0.2) is 25.7 Å². The summed E-state index contributed by atoms with van der Waals surface area (Å²) in [6.45, 7) is 10.5. The Kier molecular flexibility index (Phi) is 5.49. The van der Waals surface area contributed by atoms with E-state index in [9.17, 15) is 0 Å². The van der Waals surface area contributed by atoms with E-state index < -0.39 is 0 Å². The summed E-state index contributed by atoms with van der Waals surface area (Å²) in [5.74, 6) is 1.72. The number of hydrogen-bond acceptors (Lipinski definition) is 2. The zero-order chi connectivity index (χ0) is 10.4. The summed E-state index contributed by atoms with van der Waals surface area (Å²) in [7, 11) is 0. The van der Waals surface area contributed by atoms with E-state index in [1.807, 2.05) is 0 Å². The van der Waals surface area contributed by atoms with Crippen LogP contribution in [0.5, 0.6) is 0 Å². The van der Waals surface area contributed by atoms with Gasteiger partial charge in [-0.25, -0.2) is 0 Å². The lowest BCUT2D eigenvalue weighted by atomic mass is 10.0. The molecule has 0 aliphatic carbocycles. The highest BCUT2D eigenvalue weighted by Crippen LogP contribution is 2.13. The van der Waals surface area contributed by atoms with Crippen molar-refractivity contribution in [3.05, 3.63) is 0 Å². The van der Waals surface area contributed by atoms with Crippen molar-refractivity contribution in [2.45, 2.75) is 46.1 Å². The van der Waals surface area contributed by atoms with Crippen molar-refractivity contribution < 1.29 is 0 Å². The van der Waals surface area contributed by atoms with Crippen LogP contribution >= 0.6 is 0 Å². The third-order valence-corrected chi connectivity index (χ3v) is 3.65. The quantitative estimate of drug-likeness (QED) is 0.682. The van der Waals surface area contributed by atoms with E-state index >= 15 is 0 Å². The predicted octanol–water partition coefficient (Wildman–Crippen LogP) is 2.01. The summed E-state index contributed by atoms with van der Waals surface area (Å²) in [6, 6.07) is 0.712. The monoisotopic (exact) mass is 198 g/mol. The molecule has 1 saturated heterocycles. The van der Waals surface area contributed by atoms with Crippen LogP contribution in [-0.2, 0) is 0 Å². The second-order valence-electron chi connectivity index (χ2n) is 4.67. The van der Waals surface area contributed by atoms with Crippen molar-refractivity contribution in [1.29, 1.82) is 0 Å². The van der Waals surface area contributed by atoms with E-state index in [0.29, 0.717) is 6.04 Å². The van der Waals surface area contributed by atoms with E-state index in [-0.39, 0.29) is 0 Å². The molecule has 0 bridgehead atoms. The van der Waals surface area contributed by atoms with Crippen LogP contribution in [0.3, 0.4) is 0 Å². The van der Waals surface area contributed by atoms with Crippen molar-refractivity contribution in [2.75, 3.05) is 19.6 Å². The fourth-order valence-corrected chi connectivity index (χ4v) is 2.19. The van der Waals surface area contributed by atoms with Gasteiger partial charge in [0.2, 0.25) is 0 Å². The Labute approximate surface area is 88.8 Å². The molecule has 0 aromatic heterocycles. The molecule has 1 heterocycles. The number of rotatable bonds is 6. The molecule has 1 aliphatic heterocycles. The third kappa shape index (κ3) is 3.58. The number of hydrogen-bond donors (Lipinski definition) is 2. The van der Waals surface area contributed by atoms with Crippen molar-refractivity contribution in [3.8, 4) is 0 Å². The smallest absolute Gasteiger partial charge is 0.0218 e. The fourth-order valence-electron chi connectivity index (χ4n) is 2.19. The van der Waals surface area contributed by atoms with Gasteiger partial charge in [0.05, 0.1) is 0 Å². The van der Waals surface area contributed by atoms with Gasteiger partial charge in [-0.2, -0.15) is 0 Å². The minimum absolute atomic E-state index is 0.712. The lowest BCUT2D eigenvalue weighted by Crippen LogP contribution is -2.38. The molecular formula is C12H26N2. The molecule has 0 aromatic rings. The van der Waals surface area contributed by atoms with Gasteiger partial charge < -0.3 is 10.6 Å². The first-order valence-electron chi connectivity index (χ1n) is 6.22. The second-order valence-corrected chi connectivity index (χ2v) is 4.67. The Morgan fingerprint density at radius 3 is 2.57 bits per heavy atom. The molecule has 84 valence electrons. The van der Waals surface area contributed by atoms with Crippen LogP contribution in [0, 0.1) is 11.8 Å².